The number of nitrogens with zero attached hydrogens (tertiary/aromatic N) is 1. The van der Waals surface area contributed by atoms with Crippen molar-refractivity contribution in [1.82, 2.24) is 10.2 Å². The zero-order valence-corrected chi connectivity index (χ0v) is 14.1. The largest absolute Gasteiger partial charge is 0.313 e. The monoisotopic (exact) mass is 308 g/mol. The summed E-state index contributed by atoms with van der Waals surface area (Å²) in [5.41, 5.74) is 1.42. The summed E-state index contributed by atoms with van der Waals surface area (Å²) in [5.74, 6) is 0. The molecule has 4 heteroatoms. The third-order valence-corrected chi connectivity index (χ3v) is 5.75. The van der Waals surface area contributed by atoms with Crippen LogP contribution >= 0.6 is 0 Å². The maximum Gasteiger partial charge on any atom is 0.0329 e. The summed E-state index contributed by atoms with van der Waals surface area (Å²) in [6.07, 6.45) is 5.17. The maximum absolute atomic E-state index is 11.3. The molecule has 1 N–H and O–H groups in total. The van der Waals surface area contributed by atoms with E-state index in [1.165, 1.54) is 18.5 Å². The van der Waals surface area contributed by atoms with Gasteiger partial charge >= 0.3 is 0 Å². The van der Waals surface area contributed by atoms with Gasteiger partial charge in [0.1, 0.15) is 0 Å². The van der Waals surface area contributed by atoms with Gasteiger partial charge in [0.2, 0.25) is 0 Å². The van der Waals surface area contributed by atoms with Gasteiger partial charge < -0.3 is 10.2 Å². The smallest absolute Gasteiger partial charge is 0.0329 e. The van der Waals surface area contributed by atoms with Crippen LogP contribution in [0.4, 0.5) is 0 Å². The number of hydrogen-bond acceptors (Lipinski definition) is 3. The Morgan fingerprint density at radius 3 is 2.86 bits per heavy atom. The predicted molar refractivity (Wildman–Crippen MR) is 91.1 cm³/mol. The van der Waals surface area contributed by atoms with Gasteiger partial charge in [0.15, 0.2) is 0 Å². The summed E-state index contributed by atoms with van der Waals surface area (Å²) in [7, 11) is -0.695. The molecule has 1 aliphatic rings. The van der Waals surface area contributed by atoms with Gasteiger partial charge in [-0.15, -0.1) is 0 Å². The molecule has 118 valence electrons. The molecule has 0 spiro atoms. The van der Waals surface area contributed by atoms with Gasteiger partial charge in [0.05, 0.1) is 0 Å². The van der Waals surface area contributed by atoms with Crippen LogP contribution in [0.3, 0.4) is 0 Å². The molecule has 0 saturated carbocycles. The van der Waals surface area contributed by atoms with Gasteiger partial charge in [-0.25, -0.2) is 0 Å². The van der Waals surface area contributed by atoms with Crippen molar-refractivity contribution >= 4 is 10.8 Å². The molecule has 21 heavy (non-hydrogen) atoms. The lowest BCUT2D eigenvalue weighted by molar-refractivity contribution is 0.331. The Kier molecular flexibility index (Phi) is 6.87. The van der Waals surface area contributed by atoms with E-state index >= 15 is 0 Å². The number of hydrogen-bond donors (Lipinski definition) is 1. The fraction of sp³-hybridized carbons (Fsp3) is 0.647. The minimum absolute atomic E-state index is 0.299. The number of benzene rings is 1. The van der Waals surface area contributed by atoms with E-state index in [1.807, 2.05) is 0 Å². The molecular formula is C17H28N2OS. The molecule has 3 unspecified atom stereocenters. The van der Waals surface area contributed by atoms with Gasteiger partial charge in [-0.2, -0.15) is 0 Å². The van der Waals surface area contributed by atoms with E-state index in [0.29, 0.717) is 11.3 Å². The Bertz CT molecular complexity index is 438. The van der Waals surface area contributed by atoms with Gasteiger partial charge in [0.25, 0.3) is 0 Å². The van der Waals surface area contributed by atoms with Gasteiger partial charge in [-0.3, -0.25) is 4.21 Å². The average Bonchev–Trinajstić information content (AvgIpc) is 2.94. The fourth-order valence-electron chi connectivity index (χ4n) is 2.79. The molecule has 0 bridgehead atoms. The van der Waals surface area contributed by atoms with E-state index in [1.54, 1.807) is 6.26 Å². The maximum atomic E-state index is 11.3. The molecule has 2 rings (SSSR count). The lowest BCUT2D eigenvalue weighted by atomic mass is 10.1. The van der Waals surface area contributed by atoms with Crippen LogP contribution in [0.5, 0.6) is 0 Å². The van der Waals surface area contributed by atoms with Crippen molar-refractivity contribution in [2.24, 2.45) is 0 Å². The Morgan fingerprint density at radius 2 is 2.14 bits per heavy atom. The summed E-state index contributed by atoms with van der Waals surface area (Å²) in [6, 6.07) is 11.3. The first-order valence-electron chi connectivity index (χ1n) is 7.97. The van der Waals surface area contributed by atoms with Crippen LogP contribution in [0.2, 0.25) is 0 Å². The minimum atomic E-state index is -0.695. The summed E-state index contributed by atoms with van der Waals surface area (Å²) in [4.78, 5) is 2.55. The Labute approximate surface area is 131 Å². The Hall–Kier alpha value is -0.710. The van der Waals surface area contributed by atoms with Crippen molar-refractivity contribution in [3.05, 3.63) is 35.9 Å². The normalized spacial score (nSPS) is 22.3. The second-order valence-corrected chi connectivity index (χ2v) is 7.88. The second kappa shape index (κ2) is 8.66. The molecular weight excluding hydrogens is 280 g/mol. The zero-order valence-electron chi connectivity index (χ0n) is 13.3. The first-order valence-corrected chi connectivity index (χ1v) is 9.59. The highest BCUT2D eigenvalue weighted by Gasteiger charge is 2.21. The van der Waals surface area contributed by atoms with Gasteiger partial charge in [0, 0.05) is 41.4 Å². The molecule has 1 heterocycles. The van der Waals surface area contributed by atoms with Crippen LogP contribution in [0.15, 0.2) is 30.3 Å². The first kappa shape index (κ1) is 16.7. The van der Waals surface area contributed by atoms with Crippen molar-refractivity contribution in [3.63, 3.8) is 0 Å². The van der Waals surface area contributed by atoms with Crippen molar-refractivity contribution in [1.29, 1.82) is 0 Å². The summed E-state index contributed by atoms with van der Waals surface area (Å²) in [6.45, 7) is 6.55. The third-order valence-electron chi connectivity index (χ3n) is 4.38. The second-order valence-electron chi connectivity index (χ2n) is 6.07. The minimum Gasteiger partial charge on any atom is -0.313 e. The number of likely N-dealkylation sites (tertiary alicyclic amines) is 1. The van der Waals surface area contributed by atoms with Crippen LogP contribution in [-0.2, 0) is 17.2 Å². The van der Waals surface area contributed by atoms with E-state index in [-0.39, 0.29) is 0 Å². The summed E-state index contributed by atoms with van der Waals surface area (Å²) in [5, 5.41) is 3.92. The first-order chi connectivity index (χ1) is 10.1. The predicted octanol–water partition coefficient (Wildman–Crippen LogP) is 2.05. The zero-order chi connectivity index (χ0) is 15.1. The quantitative estimate of drug-likeness (QED) is 0.798. The van der Waals surface area contributed by atoms with Crippen molar-refractivity contribution in [3.8, 4) is 0 Å². The molecule has 0 aromatic heterocycles. The van der Waals surface area contributed by atoms with Gasteiger partial charge in [-0.05, 0) is 37.9 Å². The summed E-state index contributed by atoms with van der Waals surface area (Å²) < 4.78 is 11.3. The summed E-state index contributed by atoms with van der Waals surface area (Å²) >= 11 is 0. The molecule has 1 saturated heterocycles. The Morgan fingerprint density at radius 1 is 1.38 bits per heavy atom. The number of nitrogens with one attached hydrogen (secondary N) is 1. The fourth-order valence-corrected chi connectivity index (χ4v) is 3.24. The van der Waals surface area contributed by atoms with E-state index < -0.39 is 10.8 Å². The van der Waals surface area contributed by atoms with Crippen molar-refractivity contribution in [2.75, 3.05) is 32.4 Å². The van der Waals surface area contributed by atoms with E-state index in [2.05, 4.69) is 47.5 Å². The SMILES string of the molecule is CC(CCNC1CCN(CCc2ccccc2)C1)S(C)=O. The molecule has 3 nitrogen and oxygen atoms in total. The lowest BCUT2D eigenvalue weighted by Crippen LogP contribution is -2.35. The topological polar surface area (TPSA) is 32.3 Å². The highest BCUT2D eigenvalue weighted by atomic mass is 32.2. The molecule has 1 fully saturated rings. The van der Waals surface area contributed by atoms with Crippen LogP contribution in [0.25, 0.3) is 0 Å². The highest BCUT2D eigenvalue weighted by molar-refractivity contribution is 7.84. The van der Waals surface area contributed by atoms with Crippen LogP contribution in [-0.4, -0.2) is 52.8 Å². The lowest BCUT2D eigenvalue weighted by Gasteiger charge is -2.17. The van der Waals surface area contributed by atoms with Crippen molar-refractivity contribution < 1.29 is 4.21 Å². The van der Waals surface area contributed by atoms with E-state index in [0.717, 1.165) is 32.5 Å². The van der Waals surface area contributed by atoms with Crippen LogP contribution in [0, 0.1) is 0 Å². The average molecular weight is 308 g/mol. The van der Waals surface area contributed by atoms with Gasteiger partial charge in [-0.1, -0.05) is 37.3 Å². The molecule has 0 radical (unpaired) electrons. The van der Waals surface area contributed by atoms with Crippen molar-refractivity contribution in [2.45, 2.75) is 37.5 Å². The number of rotatable bonds is 8. The molecule has 0 amide bonds. The molecule has 1 aliphatic heterocycles. The van der Waals surface area contributed by atoms with Crippen LogP contribution in [0.1, 0.15) is 25.3 Å². The highest BCUT2D eigenvalue weighted by Crippen LogP contribution is 2.11. The molecule has 1 aromatic rings. The third kappa shape index (κ3) is 5.89. The Balaban J connectivity index is 1.61. The molecule has 3 atom stereocenters. The van der Waals surface area contributed by atoms with E-state index in [9.17, 15) is 4.21 Å². The van der Waals surface area contributed by atoms with Crippen LogP contribution < -0.4 is 5.32 Å². The standard InChI is InChI=1S/C17H28N2OS/c1-15(21(2)20)8-11-18-17-10-13-19(14-17)12-9-16-6-4-3-5-7-16/h3-7,15,17-18H,8-14H2,1-2H3. The molecule has 1 aromatic carbocycles. The van der Waals surface area contributed by atoms with E-state index in [4.69, 9.17) is 0 Å². The molecule has 0 aliphatic carbocycles.